The molecule has 0 unspecified atom stereocenters. The molecule has 1 heterocycles. The topological polar surface area (TPSA) is 120 Å². The van der Waals surface area contributed by atoms with Crippen LogP contribution in [-0.4, -0.2) is 26.8 Å². The van der Waals surface area contributed by atoms with E-state index in [4.69, 9.17) is 32.4 Å². The number of thioether (sulfide) groups is 1. The van der Waals surface area contributed by atoms with Gasteiger partial charge < -0.3 is 14.5 Å². The molecule has 1 aromatic heterocycles. The Morgan fingerprint density at radius 1 is 1.27 bits per heavy atom. The molecule has 3 rings (SSSR count). The molecule has 0 fully saturated rings. The molecular formula is C18H14Cl2N4O5S. The van der Waals surface area contributed by atoms with Crippen LogP contribution in [-0.2, 0) is 4.79 Å². The molecule has 12 heteroatoms. The predicted molar refractivity (Wildman–Crippen MR) is 112 cm³/mol. The second-order valence-corrected chi connectivity index (χ2v) is 7.65. The van der Waals surface area contributed by atoms with E-state index < -0.39 is 11.0 Å². The summed E-state index contributed by atoms with van der Waals surface area (Å²) in [6.45, 7) is 1.72. The Morgan fingerprint density at radius 3 is 2.67 bits per heavy atom. The van der Waals surface area contributed by atoms with Crippen molar-refractivity contribution in [2.45, 2.75) is 18.3 Å². The van der Waals surface area contributed by atoms with Crippen molar-refractivity contribution in [1.29, 1.82) is 0 Å². The Labute approximate surface area is 184 Å². The standard InChI is InChI=1S/C18H14Cl2N4O5S/c1-10(28-15-7-2-11(19)8-14(15)20)17-22-23-18(29-17)30-9-16(25)21-12-3-5-13(6-4-12)24(26)27/h2-8,10H,9H2,1H3,(H,21,25)/t10-/m1/s1. The summed E-state index contributed by atoms with van der Waals surface area (Å²) in [5, 5.41) is 22.1. The van der Waals surface area contributed by atoms with Gasteiger partial charge >= 0.3 is 0 Å². The van der Waals surface area contributed by atoms with E-state index >= 15 is 0 Å². The molecule has 1 atom stereocenters. The number of carbonyl (C=O) groups is 1. The highest BCUT2D eigenvalue weighted by Crippen LogP contribution is 2.31. The van der Waals surface area contributed by atoms with Crippen LogP contribution in [0.15, 0.2) is 52.1 Å². The maximum absolute atomic E-state index is 12.0. The number of amides is 1. The van der Waals surface area contributed by atoms with Gasteiger partial charge in [0.2, 0.25) is 5.91 Å². The van der Waals surface area contributed by atoms with E-state index in [0.717, 1.165) is 11.8 Å². The molecule has 0 aliphatic rings. The molecule has 0 aliphatic carbocycles. The molecule has 3 aromatic rings. The Bertz CT molecular complexity index is 1060. The summed E-state index contributed by atoms with van der Waals surface area (Å²) >= 11 is 13.0. The van der Waals surface area contributed by atoms with Crippen molar-refractivity contribution in [3.8, 4) is 5.75 Å². The van der Waals surface area contributed by atoms with Crippen LogP contribution in [0.2, 0.25) is 10.0 Å². The van der Waals surface area contributed by atoms with Crippen molar-refractivity contribution in [1.82, 2.24) is 10.2 Å². The summed E-state index contributed by atoms with van der Waals surface area (Å²) in [6.07, 6.45) is -0.570. The third kappa shape index (κ3) is 5.85. The number of benzene rings is 2. The quantitative estimate of drug-likeness (QED) is 0.273. The summed E-state index contributed by atoms with van der Waals surface area (Å²) in [6, 6.07) is 10.4. The first-order valence-corrected chi connectivity index (χ1v) is 10.2. The van der Waals surface area contributed by atoms with E-state index in [0.29, 0.717) is 21.5 Å². The van der Waals surface area contributed by atoms with Gasteiger partial charge in [-0.2, -0.15) is 0 Å². The number of nitro groups is 1. The smallest absolute Gasteiger partial charge is 0.277 e. The molecule has 2 aromatic carbocycles. The van der Waals surface area contributed by atoms with Gasteiger partial charge in [-0.1, -0.05) is 35.0 Å². The minimum Gasteiger partial charge on any atom is -0.479 e. The minimum atomic E-state index is -0.570. The van der Waals surface area contributed by atoms with Crippen LogP contribution in [0, 0.1) is 10.1 Å². The predicted octanol–water partition coefficient (Wildman–Crippen LogP) is 5.16. The van der Waals surface area contributed by atoms with Gasteiger partial charge in [0, 0.05) is 22.8 Å². The molecule has 0 bridgehead atoms. The third-order valence-electron chi connectivity index (χ3n) is 3.66. The Balaban J connectivity index is 1.52. The fourth-order valence-electron chi connectivity index (χ4n) is 2.25. The molecule has 0 radical (unpaired) electrons. The van der Waals surface area contributed by atoms with Crippen molar-refractivity contribution in [2.24, 2.45) is 0 Å². The lowest BCUT2D eigenvalue weighted by Crippen LogP contribution is -2.13. The van der Waals surface area contributed by atoms with E-state index in [-0.39, 0.29) is 28.5 Å². The number of non-ortho nitro benzene ring substituents is 1. The first-order valence-electron chi connectivity index (χ1n) is 8.44. The molecule has 1 N–H and O–H groups in total. The van der Waals surface area contributed by atoms with Crippen LogP contribution in [0.25, 0.3) is 0 Å². The van der Waals surface area contributed by atoms with Crippen LogP contribution in [0.4, 0.5) is 11.4 Å². The van der Waals surface area contributed by atoms with Crippen molar-refractivity contribution in [3.05, 3.63) is 68.5 Å². The summed E-state index contributed by atoms with van der Waals surface area (Å²) in [7, 11) is 0. The van der Waals surface area contributed by atoms with E-state index in [9.17, 15) is 14.9 Å². The number of nitrogens with one attached hydrogen (secondary N) is 1. The van der Waals surface area contributed by atoms with Gasteiger partial charge in [0.1, 0.15) is 5.75 Å². The monoisotopic (exact) mass is 468 g/mol. The zero-order valence-corrected chi connectivity index (χ0v) is 17.7. The van der Waals surface area contributed by atoms with Crippen molar-refractivity contribution in [2.75, 3.05) is 11.1 Å². The van der Waals surface area contributed by atoms with E-state index in [1.165, 1.54) is 24.3 Å². The number of rotatable bonds is 8. The van der Waals surface area contributed by atoms with Crippen LogP contribution < -0.4 is 10.1 Å². The van der Waals surface area contributed by atoms with Gasteiger partial charge in [0.15, 0.2) is 6.10 Å². The largest absolute Gasteiger partial charge is 0.479 e. The number of hydrogen-bond acceptors (Lipinski definition) is 8. The first-order chi connectivity index (χ1) is 14.3. The average Bonchev–Trinajstić information content (AvgIpc) is 3.18. The minimum absolute atomic E-state index is 0.0108. The van der Waals surface area contributed by atoms with Gasteiger partial charge in [-0.05, 0) is 37.3 Å². The van der Waals surface area contributed by atoms with Crippen LogP contribution in [0.3, 0.4) is 0 Å². The molecule has 0 aliphatic heterocycles. The third-order valence-corrected chi connectivity index (χ3v) is 5.01. The van der Waals surface area contributed by atoms with Gasteiger partial charge in [0.05, 0.1) is 15.7 Å². The number of hydrogen-bond donors (Lipinski definition) is 1. The van der Waals surface area contributed by atoms with Crippen molar-refractivity contribution < 1.29 is 18.9 Å². The molecule has 0 spiro atoms. The van der Waals surface area contributed by atoms with Gasteiger partial charge in [-0.15, -0.1) is 10.2 Å². The zero-order valence-electron chi connectivity index (χ0n) is 15.4. The summed E-state index contributed by atoms with van der Waals surface area (Å²) < 4.78 is 11.2. The first kappa shape index (κ1) is 21.9. The summed E-state index contributed by atoms with van der Waals surface area (Å²) in [5.41, 5.74) is 0.385. The van der Waals surface area contributed by atoms with Gasteiger partial charge in [-0.25, -0.2) is 0 Å². The number of nitro benzene ring substituents is 1. The zero-order chi connectivity index (χ0) is 21.7. The highest BCUT2D eigenvalue weighted by molar-refractivity contribution is 7.99. The molecule has 0 saturated heterocycles. The second kappa shape index (κ2) is 9.79. The summed E-state index contributed by atoms with van der Waals surface area (Å²) in [4.78, 5) is 22.2. The van der Waals surface area contributed by atoms with Crippen LogP contribution in [0.1, 0.15) is 18.9 Å². The van der Waals surface area contributed by atoms with E-state index in [1.54, 1.807) is 25.1 Å². The van der Waals surface area contributed by atoms with Crippen LogP contribution >= 0.6 is 35.0 Å². The number of nitrogens with zero attached hydrogens (tertiary/aromatic N) is 3. The Kier molecular flexibility index (Phi) is 7.14. The van der Waals surface area contributed by atoms with Gasteiger partial charge in [-0.3, -0.25) is 14.9 Å². The number of halogens is 2. The van der Waals surface area contributed by atoms with E-state index in [2.05, 4.69) is 15.5 Å². The number of ether oxygens (including phenoxy) is 1. The highest BCUT2D eigenvalue weighted by atomic mass is 35.5. The molecule has 30 heavy (non-hydrogen) atoms. The molecule has 156 valence electrons. The lowest BCUT2D eigenvalue weighted by atomic mass is 10.3. The molecule has 9 nitrogen and oxygen atoms in total. The second-order valence-electron chi connectivity index (χ2n) is 5.88. The fourth-order valence-corrected chi connectivity index (χ4v) is 3.27. The molecule has 0 saturated carbocycles. The van der Waals surface area contributed by atoms with Gasteiger partial charge in [0.25, 0.3) is 16.8 Å². The lowest BCUT2D eigenvalue weighted by molar-refractivity contribution is -0.384. The SMILES string of the molecule is C[C@@H](Oc1ccc(Cl)cc1Cl)c1nnc(SCC(=O)Nc2ccc([N+](=O)[O-])cc2)o1. The maximum atomic E-state index is 12.0. The van der Waals surface area contributed by atoms with E-state index in [1.807, 2.05) is 0 Å². The number of anilines is 1. The molecule has 1 amide bonds. The Hall–Kier alpha value is -2.82. The number of carbonyl (C=O) groups excluding carboxylic acids is 1. The highest BCUT2D eigenvalue weighted by Gasteiger charge is 2.18. The van der Waals surface area contributed by atoms with Crippen molar-refractivity contribution >= 4 is 52.2 Å². The number of aromatic nitrogens is 2. The summed E-state index contributed by atoms with van der Waals surface area (Å²) in [5.74, 6) is 0.324. The fraction of sp³-hybridized carbons (Fsp3) is 0.167. The van der Waals surface area contributed by atoms with Crippen LogP contribution in [0.5, 0.6) is 5.75 Å². The van der Waals surface area contributed by atoms with Crippen molar-refractivity contribution in [3.63, 3.8) is 0 Å². The average molecular weight is 469 g/mol. The Morgan fingerprint density at radius 2 is 2.00 bits per heavy atom. The lowest BCUT2D eigenvalue weighted by Gasteiger charge is -2.12. The maximum Gasteiger partial charge on any atom is 0.277 e. The normalized spacial score (nSPS) is 11.7. The molecular weight excluding hydrogens is 455 g/mol.